The van der Waals surface area contributed by atoms with Gasteiger partial charge < -0.3 is 0 Å². The minimum Gasteiger partial charge on any atom is -0.132 e. The molecule has 1 fully saturated rings. The molecule has 1 aliphatic carbocycles. The van der Waals surface area contributed by atoms with Crippen molar-refractivity contribution < 1.29 is 0 Å². The normalized spacial score (nSPS) is 16.9. The number of rotatable bonds is 3. The zero-order valence-electron chi connectivity index (χ0n) is 8.61. The largest absolute Gasteiger partial charge is 0.132 e. The lowest BCUT2D eigenvalue weighted by atomic mass is 10.3. The standard InChI is InChI=1S/C11H20Si/c1-4-9-12(2,3)10-5-6-11-7-8-11/h11H,4,6-9H2,1-3H3. The second kappa shape index (κ2) is 4.14. The van der Waals surface area contributed by atoms with Crippen LogP contribution >= 0.6 is 0 Å². The lowest BCUT2D eigenvalue weighted by Gasteiger charge is -2.11. The van der Waals surface area contributed by atoms with E-state index in [9.17, 15) is 0 Å². The Morgan fingerprint density at radius 2 is 2.00 bits per heavy atom. The molecule has 0 bridgehead atoms. The monoisotopic (exact) mass is 180 g/mol. The molecule has 1 aliphatic rings. The summed E-state index contributed by atoms with van der Waals surface area (Å²) in [5, 5.41) is 0. The second-order valence-electron chi connectivity index (χ2n) is 4.58. The first-order valence-corrected chi connectivity index (χ1v) is 8.35. The minimum absolute atomic E-state index is 0.976. The average Bonchev–Trinajstić information content (AvgIpc) is 2.70. The summed E-state index contributed by atoms with van der Waals surface area (Å²) in [5.74, 6) is 4.36. The van der Waals surface area contributed by atoms with Gasteiger partial charge in [-0.3, -0.25) is 0 Å². The molecule has 1 saturated carbocycles. The molecule has 0 unspecified atom stereocenters. The maximum Gasteiger partial charge on any atom is 0.132 e. The van der Waals surface area contributed by atoms with E-state index in [-0.39, 0.29) is 0 Å². The van der Waals surface area contributed by atoms with Crippen LogP contribution in [0.25, 0.3) is 0 Å². The predicted molar refractivity (Wildman–Crippen MR) is 57.7 cm³/mol. The average molecular weight is 180 g/mol. The van der Waals surface area contributed by atoms with Gasteiger partial charge in [-0.05, 0) is 24.8 Å². The SMILES string of the molecule is CCC[Si](C)(C)C#CCC1CC1. The van der Waals surface area contributed by atoms with E-state index in [2.05, 4.69) is 31.5 Å². The highest BCUT2D eigenvalue weighted by atomic mass is 28.3. The fourth-order valence-electron chi connectivity index (χ4n) is 1.44. The Morgan fingerprint density at radius 3 is 2.50 bits per heavy atom. The molecule has 0 heterocycles. The van der Waals surface area contributed by atoms with Crippen molar-refractivity contribution in [3.8, 4) is 11.5 Å². The van der Waals surface area contributed by atoms with E-state index in [0.29, 0.717) is 0 Å². The minimum atomic E-state index is -1.10. The van der Waals surface area contributed by atoms with Gasteiger partial charge in [-0.25, -0.2) is 0 Å². The zero-order chi connectivity index (χ0) is 9.03. The summed E-state index contributed by atoms with van der Waals surface area (Å²) >= 11 is 0. The van der Waals surface area contributed by atoms with Crippen molar-refractivity contribution in [3.05, 3.63) is 0 Å². The van der Waals surface area contributed by atoms with Crippen LogP contribution in [0.1, 0.15) is 32.6 Å². The summed E-state index contributed by atoms with van der Waals surface area (Å²) in [6.07, 6.45) is 5.35. The van der Waals surface area contributed by atoms with E-state index < -0.39 is 8.07 Å². The first-order valence-electron chi connectivity index (χ1n) is 5.14. The van der Waals surface area contributed by atoms with Gasteiger partial charge >= 0.3 is 0 Å². The van der Waals surface area contributed by atoms with Crippen LogP contribution in [0.5, 0.6) is 0 Å². The fraction of sp³-hybridized carbons (Fsp3) is 0.818. The molecule has 0 aromatic carbocycles. The third-order valence-electron chi connectivity index (χ3n) is 2.39. The predicted octanol–water partition coefficient (Wildman–Crippen LogP) is 3.45. The lowest BCUT2D eigenvalue weighted by Crippen LogP contribution is -2.22. The molecular weight excluding hydrogens is 160 g/mol. The van der Waals surface area contributed by atoms with E-state index in [0.717, 1.165) is 5.92 Å². The first-order chi connectivity index (χ1) is 5.64. The Balaban J connectivity index is 2.27. The molecule has 0 atom stereocenters. The second-order valence-corrected chi connectivity index (χ2v) is 9.10. The van der Waals surface area contributed by atoms with Crippen molar-refractivity contribution in [1.82, 2.24) is 0 Å². The molecule has 0 saturated heterocycles. The molecular formula is C11H20Si. The van der Waals surface area contributed by atoms with Crippen LogP contribution in [-0.2, 0) is 0 Å². The molecule has 0 aliphatic heterocycles. The first kappa shape index (κ1) is 9.86. The Hall–Kier alpha value is -0.223. The maximum absolute atomic E-state index is 3.52. The molecule has 0 aromatic heterocycles. The quantitative estimate of drug-likeness (QED) is 0.461. The molecule has 0 aromatic rings. The number of hydrogen-bond acceptors (Lipinski definition) is 0. The van der Waals surface area contributed by atoms with Crippen LogP contribution in [0.2, 0.25) is 19.1 Å². The van der Waals surface area contributed by atoms with Gasteiger partial charge in [0.2, 0.25) is 0 Å². The van der Waals surface area contributed by atoms with E-state index in [1.54, 1.807) is 0 Å². The third kappa shape index (κ3) is 3.97. The zero-order valence-corrected chi connectivity index (χ0v) is 9.61. The van der Waals surface area contributed by atoms with Crippen LogP contribution in [-0.4, -0.2) is 8.07 Å². The van der Waals surface area contributed by atoms with Gasteiger partial charge in [0.1, 0.15) is 8.07 Å². The lowest BCUT2D eigenvalue weighted by molar-refractivity contribution is 0.884. The van der Waals surface area contributed by atoms with E-state index in [1.165, 1.54) is 31.7 Å². The van der Waals surface area contributed by atoms with Gasteiger partial charge in [-0.1, -0.05) is 26.4 Å². The number of hydrogen-bond donors (Lipinski definition) is 0. The molecule has 0 amide bonds. The molecule has 68 valence electrons. The Labute approximate surface area is 77.8 Å². The van der Waals surface area contributed by atoms with Gasteiger partial charge in [0.25, 0.3) is 0 Å². The van der Waals surface area contributed by atoms with Gasteiger partial charge in [0.15, 0.2) is 0 Å². The van der Waals surface area contributed by atoms with Crippen LogP contribution in [0, 0.1) is 17.4 Å². The van der Waals surface area contributed by atoms with Crippen molar-refractivity contribution in [2.45, 2.75) is 51.7 Å². The summed E-state index contributed by atoms with van der Waals surface area (Å²) in [7, 11) is -1.10. The van der Waals surface area contributed by atoms with Gasteiger partial charge in [-0.2, -0.15) is 0 Å². The van der Waals surface area contributed by atoms with Gasteiger partial charge in [0, 0.05) is 6.42 Å². The summed E-state index contributed by atoms with van der Waals surface area (Å²) in [6.45, 7) is 7.03. The molecule has 0 N–H and O–H groups in total. The van der Waals surface area contributed by atoms with Crippen LogP contribution in [0.15, 0.2) is 0 Å². The van der Waals surface area contributed by atoms with Crippen molar-refractivity contribution >= 4 is 8.07 Å². The van der Waals surface area contributed by atoms with Crippen molar-refractivity contribution in [2.75, 3.05) is 0 Å². The van der Waals surface area contributed by atoms with Crippen LogP contribution in [0.4, 0.5) is 0 Å². The third-order valence-corrected chi connectivity index (χ3v) is 4.99. The van der Waals surface area contributed by atoms with Crippen LogP contribution in [0.3, 0.4) is 0 Å². The van der Waals surface area contributed by atoms with Crippen molar-refractivity contribution in [1.29, 1.82) is 0 Å². The van der Waals surface area contributed by atoms with Gasteiger partial charge in [-0.15, -0.1) is 11.5 Å². The molecule has 1 rings (SSSR count). The van der Waals surface area contributed by atoms with E-state index in [4.69, 9.17) is 0 Å². The van der Waals surface area contributed by atoms with E-state index >= 15 is 0 Å². The topological polar surface area (TPSA) is 0 Å². The summed E-state index contributed by atoms with van der Waals surface area (Å²) in [6, 6.07) is 1.37. The fourth-order valence-corrected chi connectivity index (χ4v) is 3.40. The summed E-state index contributed by atoms with van der Waals surface area (Å²) in [4.78, 5) is 0. The molecule has 0 nitrogen and oxygen atoms in total. The van der Waals surface area contributed by atoms with Crippen molar-refractivity contribution in [3.63, 3.8) is 0 Å². The smallest absolute Gasteiger partial charge is 0.132 e. The highest BCUT2D eigenvalue weighted by molar-refractivity contribution is 6.85. The van der Waals surface area contributed by atoms with E-state index in [1.807, 2.05) is 0 Å². The highest BCUT2D eigenvalue weighted by Crippen LogP contribution is 2.31. The maximum atomic E-state index is 3.52. The Kier molecular flexibility index (Phi) is 3.40. The highest BCUT2D eigenvalue weighted by Gasteiger charge is 2.20. The Morgan fingerprint density at radius 1 is 1.33 bits per heavy atom. The molecule has 12 heavy (non-hydrogen) atoms. The molecule has 0 radical (unpaired) electrons. The van der Waals surface area contributed by atoms with Crippen LogP contribution < -0.4 is 0 Å². The summed E-state index contributed by atoms with van der Waals surface area (Å²) in [5.41, 5.74) is 3.52. The Bertz CT molecular complexity index is 191. The molecule has 0 spiro atoms. The van der Waals surface area contributed by atoms with Crippen molar-refractivity contribution in [2.24, 2.45) is 5.92 Å². The molecule has 1 heteroatoms. The van der Waals surface area contributed by atoms with Gasteiger partial charge in [0.05, 0.1) is 0 Å². The summed E-state index contributed by atoms with van der Waals surface area (Å²) < 4.78 is 0.